The van der Waals surface area contributed by atoms with Gasteiger partial charge >= 0.3 is 0 Å². The first-order valence-corrected chi connectivity index (χ1v) is 12.6. The van der Waals surface area contributed by atoms with Crippen molar-refractivity contribution in [2.45, 2.75) is 127 Å². The Morgan fingerprint density at radius 1 is 0.885 bits per heavy atom. The van der Waals surface area contributed by atoms with Crippen molar-refractivity contribution in [3.8, 4) is 0 Å². The lowest BCUT2D eigenvalue weighted by molar-refractivity contribution is -0.107. The minimum Gasteiger partial charge on any atom is -0.378 e. The molecule has 0 spiro atoms. The first-order chi connectivity index (χ1) is 12.9. The zero-order chi connectivity index (χ0) is 18.7. The van der Waals surface area contributed by atoms with Crippen LogP contribution < -0.4 is 0 Å². The molecule has 0 heterocycles. The third-order valence-corrected chi connectivity index (χ3v) is 6.90. The van der Waals surface area contributed by atoms with Crippen LogP contribution in [-0.2, 0) is 9.53 Å². The minimum atomic E-state index is 0.247. The van der Waals surface area contributed by atoms with E-state index in [9.17, 15) is 4.79 Å². The van der Waals surface area contributed by atoms with Gasteiger partial charge in [-0.3, -0.25) is 0 Å². The van der Waals surface area contributed by atoms with Gasteiger partial charge < -0.3 is 9.53 Å². The molecule has 2 nitrogen and oxygen atoms in total. The molecule has 0 radical (unpaired) electrons. The second-order valence-electron chi connectivity index (χ2n) is 8.00. The Hall–Kier alpha value is -0.0200. The highest BCUT2D eigenvalue weighted by atomic mass is 32.2. The summed E-state index contributed by atoms with van der Waals surface area (Å²) in [6.45, 7) is 3.17. The highest BCUT2D eigenvalue weighted by Crippen LogP contribution is 2.21. The number of aldehydes is 1. The molecular formula is C23H44O2S. The average Bonchev–Trinajstić information content (AvgIpc) is 2.68. The zero-order valence-corrected chi connectivity index (χ0v) is 18.2. The number of unbranched alkanes of at least 4 members (excludes halogenated alkanes) is 9. The summed E-state index contributed by atoms with van der Waals surface area (Å²) in [6.07, 6.45) is 24.1. The molecule has 0 saturated heterocycles. The smallest absolute Gasteiger partial charge is 0.132 e. The SMILES string of the molecule is CCCSC(C=O)CCCCCCCCCCCCOC1CCCCC1. The third kappa shape index (κ3) is 14.1. The molecule has 3 heteroatoms. The summed E-state index contributed by atoms with van der Waals surface area (Å²) < 4.78 is 5.99. The van der Waals surface area contributed by atoms with E-state index in [1.165, 1.54) is 103 Å². The number of ether oxygens (including phenoxy) is 1. The number of thioether (sulfide) groups is 1. The molecule has 26 heavy (non-hydrogen) atoms. The van der Waals surface area contributed by atoms with Crippen molar-refractivity contribution in [1.29, 1.82) is 0 Å². The van der Waals surface area contributed by atoms with Crippen molar-refractivity contribution in [3.05, 3.63) is 0 Å². The lowest BCUT2D eigenvalue weighted by Crippen LogP contribution is -2.17. The first kappa shape index (κ1) is 24.0. The topological polar surface area (TPSA) is 26.3 Å². The fourth-order valence-corrected chi connectivity index (χ4v) is 4.75. The fraction of sp³-hybridized carbons (Fsp3) is 0.957. The molecular weight excluding hydrogens is 340 g/mol. The van der Waals surface area contributed by atoms with Crippen LogP contribution in [-0.4, -0.2) is 30.0 Å². The van der Waals surface area contributed by atoms with Gasteiger partial charge in [-0.05, 0) is 37.9 Å². The Kier molecular flexibility index (Phi) is 16.9. The first-order valence-electron chi connectivity index (χ1n) is 11.5. The predicted octanol–water partition coefficient (Wildman–Crippen LogP) is 7.34. The standard InChI is InChI=1S/C23H44O2S/c1-2-20-26-23(21-24)18-14-9-7-5-3-4-6-8-10-15-19-25-22-16-12-11-13-17-22/h21-23H,2-20H2,1H3. The number of rotatable bonds is 18. The van der Waals surface area contributed by atoms with Gasteiger partial charge in [-0.1, -0.05) is 84.0 Å². The average molecular weight is 385 g/mol. The van der Waals surface area contributed by atoms with Crippen LogP contribution in [0.4, 0.5) is 0 Å². The summed E-state index contributed by atoms with van der Waals surface area (Å²) in [5, 5.41) is 0.247. The van der Waals surface area contributed by atoms with Gasteiger partial charge in [0.15, 0.2) is 0 Å². The van der Waals surface area contributed by atoms with E-state index in [0.29, 0.717) is 6.10 Å². The van der Waals surface area contributed by atoms with Gasteiger partial charge in [-0.25, -0.2) is 0 Å². The highest BCUT2D eigenvalue weighted by Gasteiger charge is 2.12. The molecule has 0 aromatic rings. The van der Waals surface area contributed by atoms with Crippen molar-refractivity contribution in [2.75, 3.05) is 12.4 Å². The van der Waals surface area contributed by atoms with Crippen molar-refractivity contribution >= 4 is 18.0 Å². The van der Waals surface area contributed by atoms with Crippen molar-refractivity contribution in [1.82, 2.24) is 0 Å². The van der Waals surface area contributed by atoms with Crippen LogP contribution in [0.3, 0.4) is 0 Å². The van der Waals surface area contributed by atoms with E-state index in [1.807, 2.05) is 11.8 Å². The van der Waals surface area contributed by atoms with Gasteiger partial charge in [0, 0.05) is 6.61 Å². The molecule has 1 aliphatic carbocycles. The molecule has 1 rings (SSSR count). The molecule has 0 aromatic carbocycles. The van der Waals surface area contributed by atoms with E-state index >= 15 is 0 Å². The predicted molar refractivity (Wildman–Crippen MR) is 116 cm³/mol. The summed E-state index contributed by atoms with van der Waals surface area (Å²) in [5.41, 5.74) is 0. The van der Waals surface area contributed by atoms with Crippen molar-refractivity contribution < 1.29 is 9.53 Å². The molecule has 1 aliphatic rings. The van der Waals surface area contributed by atoms with Crippen molar-refractivity contribution in [2.24, 2.45) is 0 Å². The number of hydrogen-bond donors (Lipinski definition) is 0. The lowest BCUT2D eigenvalue weighted by atomic mass is 9.98. The van der Waals surface area contributed by atoms with Crippen LogP contribution in [0, 0.1) is 0 Å². The second-order valence-corrected chi connectivity index (χ2v) is 9.35. The normalized spacial score (nSPS) is 16.7. The lowest BCUT2D eigenvalue weighted by Gasteiger charge is -2.21. The van der Waals surface area contributed by atoms with Crippen LogP contribution in [0.5, 0.6) is 0 Å². The minimum absolute atomic E-state index is 0.247. The molecule has 0 aliphatic heterocycles. The Balaban J connectivity index is 1.74. The maximum absolute atomic E-state index is 11.0. The van der Waals surface area contributed by atoms with Gasteiger partial charge in [-0.15, -0.1) is 0 Å². The summed E-state index contributed by atoms with van der Waals surface area (Å²) >= 11 is 1.84. The fourth-order valence-electron chi connectivity index (χ4n) is 3.80. The number of hydrogen-bond acceptors (Lipinski definition) is 3. The quantitative estimate of drug-likeness (QED) is 0.183. The molecule has 1 unspecified atom stereocenters. The van der Waals surface area contributed by atoms with Gasteiger partial charge in [-0.2, -0.15) is 11.8 Å². The Morgan fingerprint density at radius 3 is 2.04 bits per heavy atom. The number of carbonyl (C=O) groups excluding carboxylic acids is 1. The second kappa shape index (κ2) is 18.3. The zero-order valence-electron chi connectivity index (χ0n) is 17.4. The van der Waals surface area contributed by atoms with E-state index in [2.05, 4.69) is 6.92 Å². The highest BCUT2D eigenvalue weighted by molar-refractivity contribution is 8.00. The maximum atomic E-state index is 11.0. The van der Waals surface area contributed by atoms with E-state index in [0.717, 1.165) is 25.1 Å². The molecule has 0 amide bonds. The Morgan fingerprint density at radius 2 is 1.46 bits per heavy atom. The van der Waals surface area contributed by atoms with Gasteiger partial charge in [0.25, 0.3) is 0 Å². The van der Waals surface area contributed by atoms with Crippen LogP contribution in [0.15, 0.2) is 0 Å². The molecule has 1 atom stereocenters. The van der Waals surface area contributed by atoms with Gasteiger partial charge in [0.1, 0.15) is 6.29 Å². The largest absolute Gasteiger partial charge is 0.378 e. The van der Waals surface area contributed by atoms with Gasteiger partial charge in [0.05, 0.1) is 11.4 Å². The van der Waals surface area contributed by atoms with E-state index in [4.69, 9.17) is 4.74 Å². The molecule has 0 aromatic heterocycles. The van der Waals surface area contributed by atoms with E-state index in [1.54, 1.807) is 0 Å². The molecule has 154 valence electrons. The van der Waals surface area contributed by atoms with E-state index < -0.39 is 0 Å². The van der Waals surface area contributed by atoms with E-state index in [-0.39, 0.29) is 5.25 Å². The molecule has 1 saturated carbocycles. The Bertz CT molecular complexity index is 303. The van der Waals surface area contributed by atoms with Crippen LogP contribution in [0.2, 0.25) is 0 Å². The third-order valence-electron chi connectivity index (χ3n) is 5.48. The van der Waals surface area contributed by atoms with Crippen LogP contribution in [0.25, 0.3) is 0 Å². The summed E-state index contributed by atoms with van der Waals surface area (Å²) in [5.74, 6) is 1.12. The monoisotopic (exact) mass is 384 g/mol. The summed E-state index contributed by atoms with van der Waals surface area (Å²) in [6, 6.07) is 0. The molecule has 1 fully saturated rings. The van der Waals surface area contributed by atoms with Crippen LogP contribution in [0.1, 0.15) is 116 Å². The van der Waals surface area contributed by atoms with Gasteiger partial charge in [0.2, 0.25) is 0 Å². The summed E-state index contributed by atoms with van der Waals surface area (Å²) in [4.78, 5) is 11.0. The molecule has 0 bridgehead atoms. The van der Waals surface area contributed by atoms with Crippen molar-refractivity contribution in [3.63, 3.8) is 0 Å². The Labute approximate surface area is 167 Å². The van der Waals surface area contributed by atoms with Crippen LogP contribution >= 0.6 is 11.8 Å². The summed E-state index contributed by atoms with van der Waals surface area (Å²) in [7, 11) is 0. The number of carbonyl (C=O) groups is 1. The molecule has 0 N–H and O–H groups in total. The maximum Gasteiger partial charge on any atom is 0.132 e.